The normalized spacial score (nSPS) is 19.6. The first-order valence-corrected chi connectivity index (χ1v) is 15.6. The van der Waals surface area contributed by atoms with Crippen molar-refractivity contribution in [1.29, 1.82) is 0 Å². The third-order valence-electron chi connectivity index (χ3n) is 7.16. The minimum Gasteiger partial charge on any atom is -0.351 e. The van der Waals surface area contributed by atoms with Crippen LogP contribution >= 0.6 is 0 Å². The average molecular weight is 584 g/mol. The molecule has 3 N–H and O–H groups in total. The molecule has 1 aliphatic rings. The van der Waals surface area contributed by atoms with Gasteiger partial charge in [0.15, 0.2) is 6.29 Å². The van der Waals surface area contributed by atoms with Gasteiger partial charge in [-0.25, -0.2) is 12.8 Å². The van der Waals surface area contributed by atoms with Crippen molar-refractivity contribution in [3.8, 4) is 0 Å². The van der Waals surface area contributed by atoms with Gasteiger partial charge in [0.1, 0.15) is 5.82 Å². The molecule has 3 atom stereocenters. The third kappa shape index (κ3) is 7.91. The van der Waals surface area contributed by atoms with Gasteiger partial charge in [0, 0.05) is 12.1 Å². The molecule has 1 amide bonds. The second-order valence-electron chi connectivity index (χ2n) is 10.6. The zero-order valence-electron chi connectivity index (χ0n) is 23.7. The minimum atomic E-state index is -3.61. The van der Waals surface area contributed by atoms with Crippen LogP contribution in [0.4, 0.5) is 10.1 Å². The number of hydrogen-bond acceptors (Lipinski definition) is 6. The Labute approximate surface area is 241 Å². The molecular formula is C31H38FN3O5S. The smallest absolute Gasteiger partial charge is 0.251 e. The average Bonchev–Trinajstić information content (AvgIpc) is 3.29. The molecule has 4 rings (SSSR count). The van der Waals surface area contributed by atoms with Crippen LogP contribution in [0.15, 0.2) is 72.8 Å². The van der Waals surface area contributed by atoms with Crippen molar-refractivity contribution >= 4 is 21.6 Å². The van der Waals surface area contributed by atoms with Crippen LogP contribution in [0.25, 0.3) is 0 Å². The van der Waals surface area contributed by atoms with Gasteiger partial charge in [0.2, 0.25) is 10.0 Å². The lowest BCUT2D eigenvalue weighted by molar-refractivity contribution is -0.145. The van der Waals surface area contributed by atoms with Gasteiger partial charge >= 0.3 is 0 Å². The molecule has 41 heavy (non-hydrogen) atoms. The summed E-state index contributed by atoms with van der Waals surface area (Å²) in [6, 6.07) is 20.3. The number of ether oxygens (including phenoxy) is 2. The quantitative estimate of drug-likeness (QED) is 0.320. The molecule has 0 aromatic heterocycles. The third-order valence-corrected chi connectivity index (χ3v) is 8.35. The fourth-order valence-corrected chi connectivity index (χ4v) is 6.01. The zero-order valence-corrected chi connectivity index (χ0v) is 24.5. The maximum absolute atomic E-state index is 13.4. The molecule has 3 aromatic carbocycles. The number of rotatable bonds is 12. The number of anilines is 1. The number of amides is 1. The summed E-state index contributed by atoms with van der Waals surface area (Å²) in [4.78, 5) is 13.4. The van der Waals surface area contributed by atoms with Crippen molar-refractivity contribution in [2.75, 3.05) is 23.7 Å². The second-order valence-corrected chi connectivity index (χ2v) is 12.5. The van der Waals surface area contributed by atoms with E-state index in [1.165, 1.54) is 16.4 Å². The van der Waals surface area contributed by atoms with Gasteiger partial charge in [-0.2, -0.15) is 0 Å². The second kappa shape index (κ2) is 13.1. The number of nitrogens with two attached hydrogens (primary N) is 1. The number of halogens is 1. The van der Waals surface area contributed by atoms with E-state index in [1.807, 2.05) is 37.3 Å². The van der Waals surface area contributed by atoms with E-state index >= 15 is 0 Å². The van der Waals surface area contributed by atoms with Crippen molar-refractivity contribution in [2.45, 2.75) is 57.6 Å². The lowest BCUT2D eigenvalue weighted by Gasteiger charge is -2.30. The van der Waals surface area contributed by atoms with Crippen LogP contribution in [0.2, 0.25) is 0 Å². The van der Waals surface area contributed by atoms with Gasteiger partial charge in [-0.05, 0) is 73.2 Å². The molecule has 2 unspecified atom stereocenters. The first-order valence-electron chi connectivity index (χ1n) is 13.7. The predicted octanol–water partition coefficient (Wildman–Crippen LogP) is 4.70. The number of hydrogen-bond donors (Lipinski definition) is 2. The summed E-state index contributed by atoms with van der Waals surface area (Å²) in [6.07, 6.45) is 2.25. The van der Waals surface area contributed by atoms with Crippen molar-refractivity contribution in [1.82, 2.24) is 5.32 Å². The molecule has 1 fully saturated rings. The SMILES string of the molecule is CCCN(c1cc(COC2OCCC2(N)Cc2ccccc2)cc(C(=O)N[C@H](C)c2ccc(F)cc2)c1)S(C)(=O)=O. The largest absolute Gasteiger partial charge is 0.351 e. The molecule has 0 saturated carbocycles. The molecular weight excluding hydrogens is 545 g/mol. The predicted molar refractivity (Wildman–Crippen MR) is 157 cm³/mol. The topological polar surface area (TPSA) is 111 Å². The van der Waals surface area contributed by atoms with Crippen LogP contribution in [0.1, 0.15) is 59.8 Å². The highest BCUT2D eigenvalue weighted by Gasteiger charge is 2.41. The van der Waals surface area contributed by atoms with Crippen molar-refractivity contribution < 1.29 is 27.1 Å². The number of nitrogens with one attached hydrogen (secondary N) is 1. The Hall–Kier alpha value is -3.31. The van der Waals surface area contributed by atoms with Crippen molar-refractivity contribution in [3.05, 3.63) is 101 Å². The molecule has 0 aliphatic carbocycles. The Morgan fingerprint density at radius 2 is 1.85 bits per heavy atom. The minimum absolute atomic E-state index is 0.0593. The molecule has 220 valence electrons. The summed E-state index contributed by atoms with van der Waals surface area (Å²) in [5.41, 5.74) is 9.07. The fraction of sp³-hybridized carbons (Fsp3) is 0.387. The van der Waals surface area contributed by atoms with E-state index < -0.39 is 33.8 Å². The van der Waals surface area contributed by atoms with Crippen LogP contribution in [-0.4, -0.2) is 45.6 Å². The van der Waals surface area contributed by atoms with E-state index in [4.69, 9.17) is 15.2 Å². The van der Waals surface area contributed by atoms with E-state index in [0.717, 1.165) is 17.4 Å². The van der Waals surface area contributed by atoms with E-state index in [2.05, 4.69) is 5.32 Å². The highest BCUT2D eigenvalue weighted by atomic mass is 32.2. The van der Waals surface area contributed by atoms with Gasteiger partial charge in [-0.1, -0.05) is 49.4 Å². The maximum Gasteiger partial charge on any atom is 0.251 e. The zero-order chi connectivity index (χ0) is 29.6. The number of carbonyl (C=O) groups is 1. The van der Waals surface area contributed by atoms with Crippen molar-refractivity contribution in [3.63, 3.8) is 0 Å². The van der Waals surface area contributed by atoms with Gasteiger partial charge in [-0.3, -0.25) is 9.10 Å². The lowest BCUT2D eigenvalue weighted by Crippen LogP contribution is -2.50. The molecule has 0 bridgehead atoms. The van der Waals surface area contributed by atoms with E-state index in [9.17, 15) is 17.6 Å². The first kappa shape index (κ1) is 30.6. The van der Waals surface area contributed by atoms with Crippen LogP contribution in [0.5, 0.6) is 0 Å². The Kier molecular flexibility index (Phi) is 9.80. The maximum atomic E-state index is 13.4. The van der Waals surface area contributed by atoms with Crippen molar-refractivity contribution in [2.24, 2.45) is 5.73 Å². The van der Waals surface area contributed by atoms with Crippen LogP contribution < -0.4 is 15.4 Å². The Morgan fingerprint density at radius 1 is 1.15 bits per heavy atom. The standard InChI is InChI=1S/C31H38FN3O5S/c1-4-15-35(41(3,37)38)28-18-24(17-26(19-28)29(36)34-22(2)25-10-12-27(32)13-11-25)21-40-30-31(33,14-16-39-30)20-23-8-6-5-7-9-23/h5-13,17-19,22,30H,4,14-16,20-21,33H2,1-3H3,(H,34,36)/t22-,30?,31?/m1/s1. The molecule has 1 heterocycles. The summed E-state index contributed by atoms with van der Waals surface area (Å²) in [6.45, 7) is 4.45. The molecule has 0 spiro atoms. The van der Waals surface area contributed by atoms with Gasteiger partial charge in [0.05, 0.1) is 36.7 Å². The number of benzene rings is 3. The monoisotopic (exact) mass is 583 g/mol. The van der Waals surface area contributed by atoms with Gasteiger partial charge in [0.25, 0.3) is 5.91 Å². The number of sulfonamides is 1. The first-order chi connectivity index (χ1) is 19.5. The molecule has 10 heteroatoms. The van der Waals surface area contributed by atoms with Crippen LogP contribution in [-0.2, 0) is 32.5 Å². The summed E-state index contributed by atoms with van der Waals surface area (Å²) in [7, 11) is -3.61. The molecule has 1 aliphatic heterocycles. The molecule has 8 nitrogen and oxygen atoms in total. The van der Waals surface area contributed by atoms with Gasteiger partial charge < -0.3 is 20.5 Å². The number of nitrogens with zero attached hydrogens (tertiary/aromatic N) is 1. The fourth-order valence-electron chi connectivity index (χ4n) is 5.01. The van der Waals surface area contributed by atoms with Gasteiger partial charge in [-0.15, -0.1) is 0 Å². The summed E-state index contributed by atoms with van der Waals surface area (Å²) in [5.74, 6) is -0.762. The lowest BCUT2D eigenvalue weighted by atomic mass is 9.90. The Morgan fingerprint density at radius 3 is 2.51 bits per heavy atom. The Bertz CT molecular complexity index is 1440. The molecule has 1 saturated heterocycles. The molecule has 0 radical (unpaired) electrons. The number of carbonyl (C=O) groups excluding carboxylic acids is 1. The Balaban J connectivity index is 1.58. The summed E-state index contributed by atoms with van der Waals surface area (Å²) < 4.78 is 52.0. The highest BCUT2D eigenvalue weighted by Crippen LogP contribution is 2.30. The van der Waals surface area contributed by atoms with E-state index in [0.29, 0.717) is 37.1 Å². The van der Waals surface area contributed by atoms with Crippen LogP contribution in [0, 0.1) is 5.82 Å². The van der Waals surface area contributed by atoms with E-state index in [1.54, 1.807) is 37.3 Å². The highest BCUT2D eigenvalue weighted by molar-refractivity contribution is 7.92. The van der Waals surface area contributed by atoms with Crippen LogP contribution in [0.3, 0.4) is 0 Å². The molecule has 3 aromatic rings. The summed E-state index contributed by atoms with van der Waals surface area (Å²) >= 11 is 0. The summed E-state index contributed by atoms with van der Waals surface area (Å²) in [5, 5.41) is 2.92. The van der Waals surface area contributed by atoms with E-state index in [-0.39, 0.29) is 24.5 Å².